The Hall–Kier alpha value is -1.34. The van der Waals surface area contributed by atoms with Crippen molar-refractivity contribution < 1.29 is 23.5 Å². The van der Waals surface area contributed by atoms with Crippen molar-refractivity contribution in [2.75, 3.05) is 13.7 Å². The fourth-order valence-corrected chi connectivity index (χ4v) is 2.96. The van der Waals surface area contributed by atoms with Crippen LogP contribution in [0.25, 0.3) is 0 Å². The van der Waals surface area contributed by atoms with Crippen molar-refractivity contribution >= 4 is 20.3 Å². The van der Waals surface area contributed by atoms with E-state index in [1.807, 2.05) is 0 Å². The Kier molecular flexibility index (Phi) is 5.93. The van der Waals surface area contributed by atoms with E-state index in [1.165, 1.54) is 13.2 Å². The van der Waals surface area contributed by atoms with Gasteiger partial charge in [0.2, 0.25) is 0 Å². The number of hydrogen-bond acceptors (Lipinski definition) is 5. The lowest BCUT2D eigenvalue weighted by Gasteiger charge is -2.38. The van der Waals surface area contributed by atoms with Crippen molar-refractivity contribution in [1.82, 2.24) is 4.90 Å². The molecule has 7 heteroatoms. The first kappa shape index (κ1) is 20.7. The zero-order chi connectivity index (χ0) is 18.9. The van der Waals surface area contributed by atoms with Crippen molar-refractivity contribution in [3.05, 3.63) is 11.8 Å². The van der Waals surface area contributed by atoms with Crippen molar-refractivity contribution in [3.63, 3.8) is 0 Å². The molecule has 1 aliphatic heterocycles. The van der Waals surface area contributed by atoms with Crippen LogP contribution in [0.1, 0.15) is 41.5 Å². The highest BCUT2D eigenvalue weighted by atomic mass is 28.4. The molecule has 0 unspecified atom stereocenters. The van der Waals surface area contributed by atoms with Gasteiger partial charge in [-0.15, -0.1) is 0 Å². The molecule has 0 bridgehead atoms. The summed E-state index contributed by atoms with van der Waals surface area (Å²) in [5.41, 5.74) is -0.683. The molecule has 24 heavy (non-hydrogen) atoms. The van der Waals surface area contributed by atoms with Crippen molar-refractivity contribution in [1.29, 1.82) is 0 Å². The average molecular weight is 358 g/mol. The second-order valence-electron chi connectivity index (χ2n) is 8.53. The molecule has 1 heterocycles. The highest BCUT2D eigenvalue weighted by Crippen LogP contribution is 2.37. The number of ether oxygens (including phenoxy) is 2. The Bertz CT molecular complexity index is 528. The van der Waals surface area contributed by atoms with Crippen molar-refractivity contribution in [3.8, 4) is 0 Å². The van der Waals surface area contributed by atoms with E-state index in [-0.39, 0.29) is 11.6 Å². The van der Waals surface area contributed by atoms with Gasteiger partial charge in [0.1, 0.15) is 17.4 Å². The van der Waals surface area contributed by atoms with Crippen LogP contribution in [0.2, 0.25) is 18.1 Å². The number of nitrogens with zero attached hydrogens (tertiary/aromatic N) is 1. The van der Waals surface area contributed by atoms with E-state index < -0.39 is 32.0 Å². The van der Waals surface area contributed by atoms with Crippen molar-refractivity contribution in [2.45, 2.75) is 71.3 Å². The Labute approximate surface area is 146 Å². The van der Waals surface area contributed by atoms with E-state index >= 15 is 0 Å². The zero-order valence-corrected chi connectivity index (χ0v) is 17.4. The lowest BCUT2D eigenvalue weighted by atomic mass is 10.2. The smallest absolute Gasteiger partial charge is 0.418 e. The molecule has 1 aliphatic rings. The monoisotopic (exact) mass is 357 g/mol. The minimum atomic E-state index is -2.02. The van der Waals surface area contributed by atoms with Gasteiger partial charge in [0.15, 0.2) is 8.32 Å². The van der Waals surface area contributed by atoms with Gasteiger partial charge in [0.25, 0.3) is 5.91 Å². The highest BCUT2D eigenvalue weighted by molar-refractivity contribution is 6.74. The van der Waals surface area contributed by atoms with Gasteiger partial charge in [-0.2, -0.15) is 0 Å². The van der Waals surface area contributed by atoms with Crippen LogP contribution in [0.4, 0.5) is 4.79 Å². The second-order valence-corrected chi connectivity index (χ2v) is 13.3. The molecule has 6 nitrogen and oxygen atoms in total. The third-order valence-electron chi connectivity index (χ3n) is 4.38. The van der Waals surface area contributed by atoms with E-state index in [0.717, 1.165) is 4.90 Å². The van der Waals surface area contributed by atoms with E-state index in [1.54, 1.807) is 20.8 Å². The molecule has 0 aromatic rings. The molecular formula is C17H31NO5Si. The molecule has 0 aliphatic carbocycles. The summed E-state index contributed by atoms with van der Waals surface area (Å²) in [7, 11) is -0.538. The topological polar surface area (TPSA) is 65.1 Å². The number of hydrogen-bond donors (Lipinski definition) is 0. The van der Waals surface area contributed by atoms with Crippen LogP contribution in [-0.4, -0.2) is 50.6 Å². The van der Waals surface area contributed by atoms with Crippen LogP contribution < -0.4 is 0 Å². The summed E-state index contributed by atoms with van der Waals surface area (Å²) in [5, 5.41) is 0.0311. The quantitative estimate of drug-likeness (QED) is 0.718. The minimum absolute atomic E-state index is 0.0311. The van der Waals surface area contributed by atoms with Gasteiger partial charge >= 0.3 is 6.09 Å². The average Bonchev–Trinajstić information content (AvgIpc) is 2.69. The lowest BCUT2D eigenvalue weighted by Crippen LogP contribution is -2.49. The number of carbonyl (C=O) groups is 2. The van der Waals surface area contributed by atoms with Crippen LogP contribution in [0.15, 0.2) is 11.8 Å². The van der Waals surface area contributed by atoms with Crippen molar-refractivity contribution in [2.24, 2.45) is 0 Å². The zero-order valence-electron chi connectivity index (χ0n) is 16.4. The third kappa shape index (κ3) is 4.83. The second kappa shape index (κ2) is 6.88. The van der Waals surface area contributed by atoms with Gasteiger partial charge in [-0.05, 0) is 38.9 Å². The van der Waals surface area contributed by atoms with Crippen LogP contribution in [0.3, 0.4) is 0 Å². The maximum absolute atomic E-state index is 12.4. The van der Waals surface area contributed by atoms with Crippen LogP contribution in [-0.2, 0) is 18.7 Å². The minimum Gasteiger partial charge on any atom is -0.499 e. The highest BCUT2D eigenvalue weighted by Gasteiger charge is 2.44. The Balaban J connectivity index is 2.96. The number of imide groups is 1. The normalized spacial score (nSPS) is 19.4. The molecule has 0 fully saturated rings. The number of rotatable bonds is 4. The lowest BCUT2D eigenvalue weighted by molar-refractivity contribution is -0.125. The number of amides is 2. The molecule has 0 spiro atoms. The van der Waals surface area contributed by atoms with E-state index in [2.05, 4.69) is 33.9 Å². The predicted octanol–water partition coefficient (Wildman–Crippen LogP) is 3.68. The molecule has 2 amide bonds. The van der Waals surface area contributed by atoms with Gasteiger partial charge in [0.05, 0.1) is 13.7 Å². The Morgan fingerprint density at radius 3 is 2.17 bits per heavy atom. The van der Waals surface area contributed by atoms with Crippen LogP contribution >= 0.6 is 0 Å². The molecule has 0 saturated carbocycles. The Morgan fingerprint density at radius 1 is 1.21 bits per heavy atom. The summed E-state index contributed by atoms with van der Waals surface area (Å²) >= 11 is 0. The first-order valence-electron chi connectivity index (χ1n) is 8.15. The number of carbonyl (C=O) groups excluding carboxylic acids is 2. The van der Waals surface area contributed by atoms with Crippen LogP contribution in [0, 0.1) is 0 Å². The van der Waals surface area contributed by atoms with Gasteiger partial charge < -0.3 is 13.9 Å². The molecular weight excluding hydrogens is 326 g/mol. The summed E-state index contributed by atoms with van der Waals surface area (Å²) in [6.45, 7) is 16.1. The standard InChI is InChI=1S/C17H31NO5Si/c1-16(2,3)23-15(20)18-12(13(21-7)10-14(18)19)11-22-24(8,9)17(4,5)6/h10,12H,11H2,1-9H3/t12-/m0/s1. The summed E-state index contributed by atoms with van der Waals surface area (Å²) < 4.78 is 16.8. The molecule has 0 N–H and O–H groups in total. The summed E-state index contributed by atoms with van der Waals surface area (Å²) in [5.74, 6) is -0.0190. The summed E-state index contributed by atoms with van der Waals surface area (Å²) in [6, 6.07) is -0.591. The maximum Gasteiger partial charge on any atom is 0.418 e. The van der Waals surface area contributed by atoms with Gasteiger partial charge in [-0.1, -0.05) is 20.8 Å². The molecule has 0 aromatic carbocycles. The van der Waals surface area contributed by atoms with E-state index in [9.17, 15) is 9.59 Å². The summed E-state index contributed by atoms with van der Waals surface area (Å²) in [4.78, 5) is 25.7. The maximum atomic E-state index is 12.4. The SMILES string of the molecule is COC1=CC(=O)N(C(=O)OC(C)(C)C)[C@H]1CO[Si](C)(C)C(C)(C)C. The summed E-state index contributed by atoms with van der Waals surface area (Å²) in [6.07, 6.45) is 0.642. The van der Waals surface area contributed by atoms with Gasteiger partial charge in [-0.3, -0.25) is 4.79 Å². The third-order valence-corrected chi connectivity index (χ3v) is 8.88. The fourth-order valence-electron chi connectivity index (χ4n) is 1.95. The predicted molar refractivity (Wildman–Crippen MR) is 95.1 cm³/mol. The van der Waals surface area contributed by atoms with E-state index in [4.69, 9.17) is 13.9 Å². The molecule has 138 valence electrons. The molecule has 0 saturated heterocycles. The fraction of sp³-hybridized carbons (Fsp3) is 0.765. The largest absolute Gasteiger partial charge is 0.499 e. The van der Waals surface area contributed by atoms with E-state index in [0.29, 0.717) is 5.76 Å². The number of methoxy groups -OCH3 is 1. The Morgan fingerprint density at radius 2 is 1.75 bits per heavy atom. The molecule has 0 aromatic heterocycles. The van der Waals surface area contributed by atoms with Crippen LogP contribution in [0.5, 0.6) is 0 Å². The first-order valence-corrected chi connectivity index (χ1v) is 11.1. The molecule has 1 rings (SSSR count). The molecule has 1 atom stereocenters. The molecule has 0 radical (unpaired) electrons. The van der Waals surface area contributed by atoms with Gasteiger partial charge in [0, 0.05) is 6.08 Å². The van der Waals surface area contributed by atoms with Gasteiger partial charge in [-0.25, -0.2) is 9.69 Å². The first-order chi connectivity index (χ1) is 10.7.